The van der Waals surface area contributed by atoms with Crippen molar-refractivity contribution in [1.29, 1.82) is 0 Å². The quantitative estimate of drug-likeness (QED) is 0.826. The van der Waals surface area contributed by atoms with Gasteiger partial charge in [0.1, 0.15) is 0 Å². The molecular formula is C10H13BrN2O3S. The molecule has 0 bridgehead atoms. The molecule has 0 aromatic carbocycles. The average molecular weight is 321 g/mol. The summed E-state index contributed by atoms with van der Waals surface area (Å²) in [5, 5.41) is 7.94. The monoisotopic (exact) mass is 320 g/mol. The molecule has 1 aromatic rings. The zero-order valence-corrected chi connectivity index (χ0v) is 11.8. The average Bonchev–Trinajstić information content (AvgIpc) is 2.27. The molecule has 94 valence electrons. The highest BCUT2D eigenvalue weighted by Crippen LogP contribution is 2.30. The van der Waals surface area contributed by atoms with Gasteiger partial charge in [-0.3, -0.25) is 0 Å². The number of hydrogen-bond donors (Lipinski definition) is 0. The fraction of sp³-hybridized carbons (Fsp3) is 0.600. The van der Waals surface area contributed by atoms with E-state index >= 15 is 0 Å². The fourth-order valence-corrected chi connectivity index (χ4v) is 4.16. The van der Waals surface area contributed by atoms with E-state index in [0.717, 1.165) is 6.42 Å². The Kier molecular flexibility index (Phi) is 3.67. The minimum atomic E-state index is -2.92. The summed E-state index contributed by atoms with van der Waals surface area (Å²) < 4.78 is 28.8. The molecule has 0 spiro atoms. The molecule has 17 heavy (non-hydrogen) atoms. The van der Waals surface area contributed by atoms with E-state index in [2.05, 4.69) is 26.1 Å². The Bertz CT molecular complexity index is 518. The van der Waals surface area contributed by atoms with Gasteiger partial charge in [-0.05, 0) is 34.8 Å². The highest BCUT2D eigenvalue weighted by atomic mass is 79.9. The summed E-state index contributed by atoms with van der Waals surface area (Å²) in [5.74, 6) is 0.810. The van der Waals surface area contributed by atoms with Crippen LogP contribution < -0.4 is 4.74 Å². The first-order valence-electron chi connectivity index (χ1n) is 5.29. The number of methoxy groups -OCH3 is 1. The van der Waals surface area contributed by atoms with Gasteiger partial charge in [-0.15, -0.1) is 5.10 Å². The van der Waals surface area contributed by atoms with Crippen molar-refractivity contribution in [3.63, 3.8) is 0 Å². The minimum absolute atomic E-state index is 0.0524. The van der Waals surface area contributed by atoms with E-state index in [-0.39, 0.29) is 17.4 Å². The third kappa shape index (κ3) is 2.95. The molecule has 1 atom stereocenters. The first-order valence-corrected chi connectivity index (χ1v) is 7.91. The summed E-state index contributed by atoms with van der Waals surface area (Å²) in [6, 6.07) is 1.79. The lowest BCUT2D eigenvalue weighted by molar-refractivity contribution is 0.387. The van der Waals surface area contributed by atoms with Crippen LogP contribution in [0.4, 0.5) is 0 Å². The van der Waals surface area contributed by atoms with Crippen molar-refractivity contribution in [1.82, 2.24) is 10.2 Å². The van der Waals surface area contributed by atoms with Gasteiger partial charge < -0.3 is 4.74 Å². The zero-order chi connectivity index (χ0) is 12.5. The van der Waals surface area contributed by atoms with Crippen molar-refractivity contribution in [2.75, 3.05) is 18.6 Å². The topological polar surface area (TPSA) is 69.2 Å². The maximum absolute atomic E-state index is 11.6. The van der Waals surface area contributed by atoms with Gasteiger partial charge in [0.25, 0.3) is 0 Å². The van der Waals surface area contributed by atoms with Crippen molar-refractivity contribution >= 4 is 25.8 Å². The molecular weight excluding hydrogens is 308 g/mol. The van der Waals surface area contributed by atoms with Crippen LogP contribution in [0.1, 0.15) is 24.5 Å². The maximum Gasteiger partial charge on any atom is 0.247 e. The normalized spacial score (nSPS) is 23.3. The van der Waals surface area contributed by atoms with E-state index in [1.54, 1.807) is 6.07 Å². The van der Waals surface area contributed by atoms with Gasteiger partial charge in [-0.2, -0.15) is 5.10 Å². The number of hydrogen-bond acceptors (Lipinski definition) is 5. The smallest absolute Gasteiger partial charge is 0.247 e. The summed E-state index contributed by atoms with van der Waals surface area (Å²) >= 11 is 3.33. The van der Waals surface area contributed by atoms with Crippen LogP contribution in [0.15, 0.2) is 10.5 Å². The van der Waals surface area contributed by atoms with Gasteiger partial charge in [0.05, 0.1) is 28.8 Å². The Morgan fingerprint density at radius 2 is 2.24 bits per heavy atom. The third-order valence-electron chi connectivity index (χ3n) is 2.81. The summed E-state index contributed by atoms with van der Waals surface area (Å²) in [6.07, 6.45) is 1.53. The van der Waals surface area contributed by atoms with Crippen LogP contribution in [0.25, 0.3) is 0 Å². The predicted molar refractivity (Wildman–Crippen MR) is 66.9 cm³/mol. The number of nitrogens with zero attached hydrogens (tertiary/aromatic N) is 2. The van der Waals surface area contributed by atoms with E-state index in [9.17, 15) is 8.42 Å². The Labute approximate surface area is 109 Å². The molecule has 0 aliphatic carbocycles. The largest absolute Gasteiger partial charge is 0.479 e. The summed E-state index contributed by atoms with van der Waals surface area (Å²) in [4.78, 5) is 0. The second-order valence-electron chi connectivity index (χ2n) is 4.08. The summed E-state index contributed by atoms with van der Waals surface area (Å²) in [7, 11) is -1.41. The van der Waals surface area contributed by atoms with Gasteiger partial charge in [-0.1, -0.05) is 0 Å². The van der Waals surface area contributed by atoms with Crippen molar-refractivity contribution < 1.29 is 13.2 Å². The van der Waals surface area contributed by atoms with E-state index in [0.29, 0.717) is 22.5 Å². The number of sulfone groups is 1. The number of ether oxygens (including phenoxy) is 1. The predicted octanol–water partition coefficient (Wildman–Crippen LogP) is 1.54. The van der Waals surface area contributed by atoms with Gasteiger partial charge in [0.15, 0.2) is 9.84 Å². The second-order valence-corrected chi connectivity index (χ2v) is 7.16. The van der Waals surface area contributed by atoms with Crippen LogP contribution in [0, 0.1) is 0 Å². The first-order chi connectivity index (χ1) is 8.02. The molecule has 7 heteroatoms. The molecule has 1 aliphatic heterocycles. The molecule has 0 radical (unpaired) electrons. The fourth-order valence-electron chi connectivity index (χ4n) is 1.97. The molecule has 1 unspecified atom stereocenters. The number of aromatic nitrogens is 2. The molecule has 1 aliphatic rings. The Morgan fingerprint density at radius 1 is 1.47 bits per heavy atom. The van der Waals surface area contributed by atoms with E-state index in [1.807, 2.05) is 0 Å². The molecule has 0 amide bonds. The maximum atomic E-state index is 11.6. The molecule has 1 saturated heterocycles. The molecule has 2 heterocycles. The third-order valence-corrected chi connectivity index (χ3v) is 5.20. The van der Waals surface area contributed by atoms with Gasteiger partial charge in [0.2, 0.25) is 5.88 Å². The number of halogens is 1. The standard InChI is InChI=1S/C10H13BrN2O3S/c1-16-10-8(11)5-9(12-13-10)7-3-2-4-17(14,15)6-7/h5,7H,2-4,6H2,1H3. The molecule has 0 N–H and O–H groups in total. The molecule has 2 rings (SSSR count). The van der Waals surface area contributed by atoms with Gasteiger partial charge >= 0.3 is 0 Å². The van der Waals surface area contributed by atoms with E-state index in [1.165, 1.54) is 7.11 Å². The second kappa shape index (κ2) is 4.89. The van der Waals surface area contributed by atoms with Crippen LogP contribution in [-0.2, 0) is 9.84 Å². The summed E-state index contributed by atoms with van der Waals surface area (Å²) in [5.41, 5.74) is 0.709. The van der Waals surface area contributed by atoms with Crippen LogP contribution in [0.3, 0.4) is 0 Å². The van der Waals surface area contributed by atoms with Crippen LogP contribution in [-0.4, -0.2) is 37.2 Å². The minimum Gasteiger partial charge on any atom is -0.479 e. The van der Waals surface area contributed by atoms with E-state index < -0.39 is 9.84 Å². The molecule has 1 fully saturated rings. The lowest BCUT2D eigenvalue weighted by atomic mass is 10.0. The molecule has 5 nitrogen and oxygen atoms in total. The van der Waals surface area contributed by atoms with Crippen LogP contribution >= 0.6 is 15.9 Å². The zero-order valence-electron chi connectivity index (χ0n) is 9.39. The van der Waals surface area contributed by atoms with Crippen molar-refractivity contribution in [2.45, 2.75) is 18.8 Å². The van der Waals surface area contributed by atoms with Crippen molar-refractivity contribution in [3.05, 3.63) is 16.2 Å². The van der Waals surface area contributed by atoms with Crippen molar-refractivity contribution in [3.8, 4) is 5.88 Å². The molecule has 0 saturated carbocycles. The van der Waals surface area contributed by atoms with Crippen LogP contribution in [0.5, 0.6) is 5.88 Å². The highest BCUT2D eigenvalue weighted by Gasteiger charge is 2.27. The summed E-state index contributed by atoms with van der Waals surface area (Å²) in [6.45, 7) is 0. The molecule has 1 aromatic heterocycles. The Morgan fingerprint density at radius 3 is 2.82 bits per heavy atom. The SMILES string of the molecule is COc1nnc(C2CCCS(=O)(=O)C2)cc1Br. The van der Waals surface area contributed by atoms with E-state index in [4.69, 9.17) is 4.74 Å². The first kappa shape index (κ1) is 12.8. The Balaban J connectivity index is 2.25. The Hall–Kier alpha value is -0.690. The lowest BCUT2D eigenvalue weighted by Gasteiger charge is -2.21. The van der Waals surface area contributed by atoms with Gasteiger partial charge in [-0.25, -0.2) is 8.42 Å². The van der Waals surface area contributed by atoms with Crippen LogP contribution in [0.2, 0.25) is 0 Å². The highest BCUT2D eigenvalue weighted by molar-refractivity contribution is 9.10. The lowest BCUT2D eigenvalue weighted by Crippen LogP contribution is -2.24. The van der Waals surface area contributed by atoms with Gasteiger partial charge in [0, 0.05) is 5.92 Å². The number of rotatable bonds is 2. The van der Waals surface area contributed by atoms with Crippen molar-refractivity contribution in [2.24, 2.45) is 0 Å².